The minimum Gasteiger partial charge on any atom is -0.481 e. The third kappa shape index (κ3) is 34.7. The first-order chi connectivity index (χ1) is 53.6. The van der Waals surface area contributed by atoms with Crippen molar-refractivity contribution >= 4 is 113 Å². The van der Waals surface area contributed by atoms with Crippen LogP contribution in [0.15, 0.2) is 52.8 Å². The molecule has 3 rings (SSSR count). The zero-order chi connectivity index (χ0) is 85.6. The number of guanidine groups is 2. The molecule has 1 aliphatic heterocycles. The summed E-state index contributed by atoms with van der Waals surface area (Å²) >= 11 is 0. The third-order valence-electron chi connectivity index (χ3n) is 17.8. The number of aliphatic hydroxyl groups is 1. The van der Waals surface area contributed by atoms with Gasteiger partial charge in [-0.15, -0.1) is 0 Å². The van der Waals surface area contributed by atoms with Crippen molar-refractivity contribution in [3.63, 3.8) is 0 Å². The molecule has 14 amide bonds. The van der Waals surface area contributed by atoms with E-state index in [0.717, 1.165) is 6.92 Å². The molecule has 27 N–H and O–H groups in total. The molecule has 43 nitrogen and oxygen atoms in total. The molecule has 1 aromatic carbocycles. The Balaban J connectivity index is 2.00. The van der Waals surface area contributed by atoms with Crippen LogP contribution in [0.25, 0.3) is 0 Å². The highest BCUT2D eigenvalue weighted by Crippen LogP contribution is 2.22. The summed E-state index contributed by atoms with van der Waals surface area (Å²) < 4.78 is 0. The molecule has 0 saturated carbocycles. The topological polar surface area (TPSA) is 702 Å². The van der Waals surface area contributed by atoms with Crippen molar-refractivity contribution in [1.29, 1.82) is 0 Å². The predicted molar refractivity (Wildman–Crippen MR) is 408 cm³/mol. The van der Waals surface area contributed by atoms with Crippen LogP contribution in [0.1, 0.15) is 150 Å². The van der Waals surface area contributed by atoms with Crippen molar-refractivity contribution in [2.45, 2.75) is 230 Å². The number of aromatic amines is 1. The Bertz CT molecular complexity index is 3700. The van der Waals surface area contributed by atoms with E-state index in [9.17, 15) is 102 Å². The molecular formula is C71H112N22O21. The number of carbonyl (C=O) groups is 17. The summed E-state index contributed by atoms with van der Waals surface area (Å²) in [4.78, 5) is 247. The molecule has 1 aliphatic rings. The van der Waals surface area contributed by atoms with E-state index in [-0.39, 0.29) is 101 Å². The number of benzene rings is 1. The van der Waals surface area contributed by atoms with E-state index in [2.05, 4.69) is 83.8 Å². The van der Waals surface area contributed by atoms with E-state index < -0.39 is 236 Å². The number of primary amides is 1. The Hall–Kier alpha value is -12.1. The number of carboxylic acids is 3. The number of hydrogen-bond donors (Lipinski definition) is 22. The van der Waals surface area contributed by atoms with Crippen molar-refractivity contribution in [1.82, 2.24) is 78.7 Å². The largest absolute Gasteiger partial charge is 0.481 e. The molecule has 0 bridgehead atoms. The molecule has 1 saturated heterocycles. The summed E-state index contributed by atoms with van der Waals surface area (Å²) in [5.41, 5.74) is 28.0. The molecule has 2 heterocycles. The van der Waals surface area contributed by atoms with E-state index >= 15 is 0 Å². The van der Waals surface area contributed by atoms with Crippen LogP contribution >= 0.6 is 0 Å². The van der Waals surface area contributed by atoms with Crippen LogP contribution in [0.2, 0.25) is 0 Å². The van der Waals surface area contributed by atoms with Gasteiger partial charge in [-0.25, -0.2) is 4.98 Å². The van der Waals surface area contributed by atoms with Gasteiger partial charge in [0.15, 0.2) is 11.9 Å². The lowest BCUT2D eigenvalue weighted by Gasteiger charge is -2.32. The molecule has 0 aliphatic carbocycles. The number of H-pyrrole nitrogens is 1. The lowest BCUT2D eigenvalue weighted by molar-refractivity contribution is -0.143. The number of nitrogens with zero attached hydrogens (tertiary/aromatic N) is 4. The average Bonchev–Trinajstić information content (AvgIpc) is 1.58. The van der Waals surface area contributed by atoms with Crippen LogP contribution in [0.5, 0.6) is 0 Å². The van der Waals surface area contributed by atoms with Gasteiger partial charge in [0.05, 0.1) is 12.9 Å². The minimum atomic E-state index is -1.80. The number of imidazole rings is 1. The highest BCUT2D eigenvalue weighted by atomic mass is 16.4. The van der Waals surface area contributed by atoms with E-state index in [4.69, 9.17) is 28.7 Å². The number of hydrogen-bond acceptors (Lipinski definition) is 21. The zero-order valence-electron chi connectivity index (χ0n) is 65.1. The fraction of sp³-hybridized carbons (Fsp3) is 0.606. The summed E-state index contributed by atoms with van der Waals surface area (Å²) in [7, 11) is 0. The number of carbonyl (C=O) groups excluding carboxylic acids is 14. The van der Waals surface area contributed by atoms with E-state index in [1.807, 2.05) is 0 Å². The maximum absolute atomic E-state index is 14.9. The van der Waals surface area contributed by atoms with Gasteiger partial charge in [0.1, 0.15) is 78.5 Å². The van der Waals surface area contributed by atoms with Gasteiger partial charge in [-0.2, -0.15) is 0 Å². The number of aliphatic hydroxyl groups excluding tert-OH is 1. The van der Waals surface area contributed by atoms with E-state index in [1.165, 1.54) is 38.2 Å². The van der Waals surface area contributed by atoms with Crippen molar-refractivity contribution < 1.29 is 102 Å². The monoisotopic (exact) mass is 1610 g/mol. The second-order valence-corrected chi connectivity index (χ2v) is 28.5. The summed E-state index contributed by atoms with van der Waals surface area (Å²) in [6, 6.07) is -11.4. The van der Waals surface area contributed by atoms with Crippen LogP contribution in [0, 0.1) is 17.8 Å². The Morgan fingerprint density at radius 2 is 0.895 bits per heavy atom. The van der Waals surface area contributed by atoms with Gasteiger partial charge in [0.25, 0.3) is 0 Å². The zero-order valence-corrected chi connectivity index (χ0v) is 65.1. The van der Waals surface area contributed by atoms with Gasteiger partial charge >= 0.3 is 17.9 Å². The molecule has 0 unspecified atom stereocenters. The van der Waals surface area contributed by atoms with Crippen LogP contribution < -0.4 is 92.5 Å². The van der Waals surface area contributed by atoms with E-state index in [1.54, 1.807) is 58.0 Å². The van der Waals surface area contributed by atoms with E-state index in [0.29, 0.717) is 5.56 Å². The highest BCUT2D eigenvalue weighted by Gasteiger charge is 2.42. The maximum Gasteiger partial charge on any atom is 0.303 e. The van der Waals surface area contributed by atoms with Crippen LogP contribution in [-0.4, -0.2) is 253 Å². The molecule has 1 fully saturated rings. The Labute approximate surface area is 657 Å². The second kappa shape index (κ2) is 48.6. The number of nitrogens with two attached hydrogens (primary N) is 5. The fourth-order valence-electron chi connectivity index (χ4n) is 11.8. The average molecular weight is 1610 g/mol. The summed E-state index contributed by atoms with van der Waals surface area (Å²) in [5.74, 6) is -20.0. The number of nitrogens with one attached hydrogen (secondary N) is 13. The molecule has 114 heavy (non-hydrogen) atoms. The maximum atomic E-state index is 14.9. The number of aromatic nitrogens is 2. The molecular weight excluding hydrogens is 1500 g/mol. The van der Waals surface area contributed by atoms with Gasteiger partial charge in [0, 0.05) is 70.6 Å². The van der Waals surface area contributed by atoms with Crippen molar-refractivity contribution in [3.8, 4) is 0 Å². The van der Waals surface area contributed by atoms with Crippen LogP contribution in [-0.2, 0) is 94.3 Å². The van der Waals surface area contributed by atoms with Crippen LogP contribution in [0.3, 0.4) is 0 Å². The number of carboxylic acid groups (broad SMARTS) is 3. The first kappa shape index (κ1) is 96.1. The number of amides is 14. The molecule has 2 aromatic rings. The molecule has 43 heteroatoms. The first-order valence-electron chi connectivity index (χ1n) is 37.2. The van der Waals surface area contributed by atoms with Crippen LogP contribution in [0.4, 0.5) is 0 Å². The quantitative estimate of drug-likeness (QED) is 0.0166. The second-order valence-electron chi connectivity index (χ2n) is 28.5. The van der Waals surface area contributed by atoms with Gasteiger partial charge in [-0.05, 0) is 94.4 Å². The van der Waals surface area contributed by atoms with Gasteiger partial charge in [-0.3, -0.25) is 91.5 Å². The number of likely N-dealkylation sites (tertiary alicyclic amines) is 1. The standard InChI is InChI=1S/C71H112N22O21/c1-35(2)29-47(87-63(108)48(30-40-15-10-9-11-16-40)88-66(111)51-19-14-28-93(51)69(114)46(18-13-27-79-71(75)76)86-67(112)55(36(3)4)91-60(105)43(82-39(8)95)20-23-52(96)97)62(107)85-45(22-25-54(100)101)61(106)92-56(37(5)6)68(113)89-49(31-41-32-77-34-80-41)64(109)84-44(21-24-53(98)99)59(104)83-42(17-12-26-78-70(73)74)58(103)90-50(33-94)65(110)81-38(7)57(72)102/h9-11,15-16,32,34-38,42-51,55-56,94H,12-14,17-31,33H2,1-8H3,(H2,72,102)(H,77,80)(H,81,110)(H,82,95)(H,83,104)(H,84,109)(H,85,107)(H,86,112)(H,87,108)(H,88,111)(H,89,113)(H,90,103)(H,91,105)(H,92,106)(H,96,97)(H,98,99)(H,100,101)(H4,73,74,78)(H4,75,76,79)/t38-,42-,43-,44-,45-,46-,47-,48-,49-,50-,51-,55-,56-/m0/s1. The number of rotatable bonds is 51. The summed E-state index contributed by atoms with van der Waals surface area (Å²) in [5, 5.41) is 68.9. The van der Waals surface area contributed by atoms with Crippen molar-refractivity contribution in [2.24, 2.45) is 56.4 Å². The SMILES string of the molecule is CC(=O)N[C@@H](CCC(=O)O)C(=O)N[C@H](C(=O)N[C@@H](CCCN=C(N)N)C(=O)N1CCC[C@H]1C(=O)N[C@@H](Cc1ccccc1)C(=O)N[C@@H](CC(C)C)C(=O)N[C@@H](CCC(=O)O)C(=O)N[C@H](C(=O)N[C@@H](Cc1cnc[nH]1)C(=O)N[C@@H](CCC(=O)O)C(=O)N[C@@H](CCCN=C(N)N)C(=O)N[C@@H](CO)C(=O)N[C@@H](C)C(N)=O)C(C)C)C(C)C. The Kier molecular flexibility index (Phi) is 41.0. The smallest absolute Gasteiger partial charge is 0.303 e. The van der Waals surface area contributed by atoms with Gasteiger partial charge in [-0.1, -0.05) is 71.9 Å². The highest BCUT2D eigenvalue weighted by molar-refractivity contribution is 6.01. The minimum absolute atomic E-state index is 0.000425. The molecule has 0 radical (unpaired) electrons. The fourth-order valence-corrected chi connectivity index (χ4v) is 11.8. The molecule has 0 spiro atoms. The Morgan fingerprint density at radius 1 is 0.491 bits per heavy atom. The lowest BCUT2D eigenvalue weighted by atomic mass is 9.99. The van der Waals surface area contributed by atoms with Gasteiger partial charge < -0.3 is 123 Å². The van der Waals surface area contributed by atoms with Crippen molar-refractivity contribution in [3.05, 3.63) is 54.1 Å². The third-order valence-corrected chi connectivity index (χ3v) is 17.8. The van der Waals surface area contributed by atoms with Crippen molar-refractivity contribution in [2.75, 3.05) is 26.2 Å². The first-order valence-corrected chi connectivity index (χ1v) is 37.2. The van der Waals surface area contributed by atoms with Gasteiger partial charge in [0.2, 0.25) is 82.7 Å². The number of aliphatic carboxylic acids is 3. The normalized spacial score (nSPS) is 15.6. The summed E-state index contributed by atoms with van der Waals surface area (Å²) in [6.45, 7) is 10.8. The predicted octanol–water partition coefficient (Wildman–Crippen LogP) is -6.42. The molecule has 1 aromatic heterocycles. The molecule has 13 atom stereocenters. The molecule has 632 valence electrons. The number of aliphatic imine (C=N–C) groups is 2. The lowest BCUT2D eigenvalue weighted by Crippen LogP contribution is -2.62. The Morgan fingerprint density at radius 3 is 1.32 bits per heavy atom. The summed E-state index contributed by atoms with van der Waals surface area (Å²) in [6.07, 6.45) is -1.71.